The van der Waals surface area contributed by atoms with Crippen molar-refractivity contribution in [3.63, 3.8) is 0 Å². The van der Waals surface area contributed by atoms with E-state index in [-0.39, 0.29) is 0 Å². The van der Waals surface area contributed by atoms with Crippen LogP contribution in [0.4, 0.5) is 0 Å². The SMILES string of the molecule is Cc1cc(C)c(C#N)c(SCc2c(Cl)cccc2Cl)n1. The van der Waals surface area contributed by atoms with Crippen LogP contribution in [0, 0.1) is 25.2 Å². The van der Waals surface area contributed by atoms with Crippen LogP contribution in [0.1, 0.15) is 22.4 Å². The van der Waals surface area contributed by atoms with Gasteiger partial charge in [0.25, 0.3) is 0 Å². The average molecular weight is 323 g/mol. The number of nitrogens with zero attached hydrogens (tertiary/aromatic N) is 2. The van der Waals surface area contributed by atoms with E-state index in [9.17, 15) is 5.26 Å². The van der Waals surface area contributed by atoms with Crippen LogP contribution in [0.15, 0.2) is 29.3 Å². The second-order valence-corrected chi connectivity index (χ2v) is 6.14. The predicted octanol–water partition coefficient (Wildman–Crippen LogP) is 5.17. The van der Waals surface area contributed by atoms with Gasteiger partial charge in [0, 0.05) is 21.5 Å². The summed E-state index contributed by atoms with van der Waals surface area (Å²) in [5.74, 6) is 0.586. The average Bonchev–Trinajstić information content (AvgIpc) is 2.37. The number of pyridine rings is 1. The third-order valence-corrected chi connectivity index (χ3v) is 4.55. The van der Waals surface area contributed by atoms with E-state index >= 15 is 0 Å². The maximum atomic E-state index is 9.24. The number of halogens is 2. The Hall–Kier alpha value is -1.21. The van der Waals surface area contributed by atoms with Crippen molar-refractivity contribution in [3.05, 3.63) is 56.7 Å². The van der Waals surface area contributed by atoms with E-state index in [4.69, 9.17) is 23.2 Å². The van der Waals surface area contributed by atoms with Crippen LogP contribution in [0.25, 0.3) is 0 Å². The Morgan fingerprint density at radius 3 is 2.50 bits per heavy atom. The molecule has 102 valence electrons. The summed E-state index contributed by atoms with van der Waals surface area (Å²) in [6, 6.07) is 9.55. The van der Waals surface area contributed by atoms with Gasteiger partial charge in [-0.05, 0) is 43.2 Å². The molecule has 0 radical (unpaired) electrons. The van der Waals surface area contributed by atoms with Crippen molar-refractivity contribution >= 4 is 35.0 Å². The molecule has 0 bridgehead atoms. The molecule has 0 N–H and O–H groups in total. The van der Waals surface area contributed by atoms with Gasteiger partial charge in [-0.3, -0.25) is 0 Å². The second kappa shape index (κ2) is 6.49. The molecule has 5 heteroatoms. The van der Waals surface area contributed by atoms with Crippen LogP contribution in [0.3, 0.4) is 0 Å². The van der Waals surface area contributed by atoms with Gasteiger partial charge in [-0.1, -0.05) is 29.3 Å². The number of thioether (sulfide) groups is 1. The van der Waals surface area contributed by atoms with E-state index in [2.05, 4.69) is 11.1 Å². The lowest BCUT2D eigenvalue weighted by Gasteiger charge is -2.09. The van der Waals surface area contributed by atoms with E-state index in [1.807, 2.05) is 38.1 Å². The summed E-state index contributed by atoms with van der Waals surface area (Å²) < 4.78 is 0. The molecule has 0 saturated heterocycles. The fourth-order valence-electron chi connectivity index (χ4n) is 1.85. The maximum absolute atomic E-state index is 9.24. The van der Waals surface area contributed by atoms with Gasteiger partial charge < -0.3 is 0 Å². The largest absolute Gasteiger partial charge is 0.245 e. The molecule has 2 aromatic rings. The van der Waals surface area contributed by atoms with E-state index in [1.165, 1.54) is 11.8 Å². The second-order valence-electron chi connectivity index (χ2n) is 4.36. The van der Waals surface area contributed by atoms with Crippen LogP contribution < -0.4 is 0 Å². The Morgan fingerprint density at radius 2 is 1.90 bits per heavy atom. The lowest BCUT2D eigenvalue weighted by atomic mass is 10.1. The van der Waals surface area contributed by atoms with Crippen molar-refractivity contribution in [1.29, 1.82) is 5.26 Å². The summed E-state index contributed by atoms with van der Waals surface area (Å²) in [5, 5.41) is 11.2. The Morgan fingerprint density at radius 1 is 1.25 bits per heavy atom. The van der Waals surface area contributed by atoms with Gasteiger partial charge >= 0.3 is 0 Å². The molecular weight excluding hydrogens is 311 g/mol. The zero-order valence-electron chi connectivity index (χ0n) is 11.1. The number of benzene rings is 1. The minimum absolute atomic E-state index is 0.586. The molecule has 0 fully saturated rings. The highest BCUT2D eigenvalue weighted by atomic mass is 35.5. The molecule has 0 spiro atoms. The number of aromatic nitrogens is 1. The van der Waals surface area contributed by atoms with Crippen molar-refractivity contribution in [3.8, 4) is 6.07 Å². The summed E-state index contributed by atoms with van der Waals surface area (Å²) in [4.78, 5) is 4.43. The Labute approximate surface area is 132 Å². The Kier molecular flexibility index (Phi) is 4.93. The lowest BCUT2D eigenvalue weighted by molar-refractivity contribution is 1.03. The molecule has 0 aliphatic rings. The van der Waals surface area contributed by atoms with Crippen molar-refractivity contribution in [2.24, 2.45) is 0 Å². The smallest absolute Gasteiger partial charge is 0.115 e. The molecule has 1 aromatic carbocycles. The Balaban J connectivity index is 2.30. The molecule has 0 atom stereocenters. The van der Waals surface area contributed by atoms with E-state index in [0.29, 0.717) is 21.4 Å². The Bertz CT molecular complexity index is 673. The standard InChI is InChI=1S/C15H12Cl2N2S/c1-9-6-10(2)19-15(11(9)7-18)20-8-12-13(16)4-3-5-14(12)17/h3-6H,8H2,1-2H3. The van der Waals surface area contributed by atoms with Crippen LogP contribution in [0.5, 0.6) is 0 Å². The summed E-state index contributed by atoms with van der Waals surface area (Å²) in [6.07, 6.45) is 0. The number of rotatable bonds is 3. The first-order chi connectivity index (χ1) is 9.52. The summed E-state index contributed by atoms with van der Waals surface area (Å²) in [7, 11) is 0. The van der Waals surface area contributed by atoms with Gasteiger partial charge in [-0.2, -0.15) is 5.26 Å². The fraction of sp³-hybridized carbons (Fsp3) is 0.200. The number of hydrogen-bond acceptors (Lipinski definition) is 3. The minimum Gasteiger partial charge on any atom is -0.245 e. The summed E-state index contributed by atoms with van der Waals surface area (Å²) in [5.41, 5.74) is 3.32. The molecule has 0 saturated carbocycles. The first-order valence-electron chi connectivity index (χ1n) is 5.97. The summed E-state index contributed by atoms with van der Waals surface area (Å²) in [6.45, 7) is 3.83. The molecule has 0 aliphatic carbocycles. The molecular formula is C15H12Cl2N2S. The van der Waals surface area contributed by atoms with Gasteiger partial charge in [0.2, 0.25) is 0 Å². The quantitative estimate of drug-likeness (QED) is 0.731. The van der Waals surface area contributed by atoms with Crippen molar-refractivity contribution < 1.29 is 0 Å². The van der Waals surface area contributed by atoms with Gasteiger partial charge in [0.05, 0.1) is 5.56 Å². The van der Waals surface area contributed by atoms with E-state index in [0.717, 1.165) is 21.8 Å². The summed E-state index contributed by atoms with van der Waals surface area (Å²) >= 11 is 13.8. The van der Waals surface area contributed by atoms with Crippen molar-refractivity contribution in [1.82, 2.24) is 4.98 Å². The highest BCUT2D eigenvalue weighted by molar-refractivity contribution is 7.98. The zero-order valence-corrected chi connectivity index (χ0v) is 13.4. The maximum Gasteiger partial charge on any atom is 0.115 e. The third-order valence-electron chi connectivity index (χ3n) is 2.84. The molecule has 2 nitrogen and oxygen atoms in total. The zero-order chi connectivity index (χ0) is 14.7. The van der Waals surface area contributed by atoms with Gasteiger partial charge in [-0.25, -0.2) is 4.98 Å². The molecule has 1 aromatic heterocycles. The predicted molar refractivity (Wildman–Crippen MR) is 84.4 cm³/mol. The van der Waals surface area contributed by atoms with Crippen LogP contribution in [-0.2, 0) is 5.75 Å². The minimum atomic E-state index is 0.586. The normalized spacial score (nSPS) is 10.3. The number of aryl methyl sites for hydroxylation is 2. The molecule has 0 aliphatic heterocycles. The lowest BCUT2D eigenvalue weighted by Crippen LogP contribution is -1.95. The monoisotopic (exact) mass is 322 g/mol. The van der Waals surface area contributed by atoms with Gasteiger partial charge in [0.1, 0.15) is 11.1 Å². The molecule has 0 unspecified atom stereocenters. The first-order valence-corrected chi connectivity index (χ1v) is 7.71. The van der Waals surface area contributed by atoms with E-state index in [1.54, 1.807) is 0 Å². The number of nitriles is 1. The molecule has 2 rings (SSSR count). The van der Waals surface area contributed by atoms with Crippen molar-refractivity contribution in [2.45, 2.75) is 24.6 Å². The van der Waals surface area contributed by atoms with Crippen molar-refractivity contribution in [2.75, 3.05) is 0 Å². The fourth-order valence-corrected chi connectivity index (χ4v) is 3.69. The van der Waals surface area contributed by atoms with Crippen LogP contribution in [-0.4, -0.2) is 4.98 Å². The van der Waals surface area contributed by atoms with Crippen LogP contribution in [0.2, 0.25) is 10.0 Å². The number of hydrogen-bond donors (Lipinski definition) is 0. The molecule has 20 heavy (non-hydrogen) atoms. The third kappa shape index (κ3) is 3.27. The highest BCUT2D eigenvalue weighted by Gasteiger charge is 2.12. The first kappa shape index (κ1) is 15.2. The van der Waals surface area contributed by atoms with Gasteiger partial charge in [-0.15, -0.1) is 11.8 Å². The molecule has 1 heterocycles. The topological polar surface area (TPSA) is 36.7 Å². The van der Waals surface area contributed by atoms with E-state index < -0.39 is 0 Å². The highest BCUT2D eigenvalue weighted by Crippen LogP contribution is 2.32. The van der Waals surface area contributed by atoms with Gasteiger partial charge in [0.15, 0.2) is 0 Å². The van der Waals surface area contributed by atoms with Crippen LogP contribution >= 0.6 is 35.0 Å². The molecule has 0 amide bonds.